The molecule has 0 radical (unpaired) electrons. The molecule has 1 saturated heterocycles. The van der Waals surface area contributed by atoms with E-state index in [1.807, 2.05) is 42.2 Å². The lowest BCUT2D eigenvalue weighted by Crippen LogP contribution is -2.58. The summed E-state index contributed by atoms with van der Waals surface area (Å²) in [6.07, 6.45) is 2.06. The van der Waals surface area contributed by atoms with Gasteiger partial charge in [0, 0.05) is 43.4 Å². The van der Waals surface area contributed by atoms with E-state index in [1.54, 1.807) is 30.5 Å². The Labute approximate surface area is 211 Å². The van der Waals surface area contributed by atoms with Crippen LogP contribution in [0.2, 0.25) is 0 Å². The Balaban J connectivity index is 1.46. The predicted octanol–water partition coefficient (Wildman–Crippen LogP) is 4.29. The van der Waals surface area contributed by atoms with Crippen LogP contribution in [0.15, 0.2) is 60.8 Å². The fraction of sp³-hybridized carbons (Fsp3) is 0.286. The molecule has 1 fully saturated rings. The molecule has 2 amide bonds. The maximum absolute atomic E-state index is 12.9. The maximum atomic E-state index is 12.9. The van der Waals surface area contributed by atoms with Crippen LogP contribution >= 0.6 is 0 Å². The highest BCUT2D eigenvalue weighted by Gasteiger charge is 2.32. The zero-order valence-corrected chi connectivity index (χ0v) is 20.7. The number of rotatable bonds is 5. The Morgan fingerprint density at radius 2 is 1.78 bits per heavy atom. The van der Waals surface area contributed by atoms with E-state index in [4.69, 9.17) is 11.0 Å². The third kappa shape index (κ3) is 5.01. The van der Waals surface area contributed by atoms with Crippen molar-refractivity contribution in [2.24, 2.45) is 0 Å². The Kier molecular flexibility index (Phi) is 7.20. The van der Waals surface area contributed by atoms with Crippen LogP contribution in [0.5, 0.6) is 0 Å². The quantitative estimate of drug-likeness (QED) is 0.524. The summed E-state index contributed by atoms with van der Waals surface area (Å²) in [5.74, 6) is 0.631. The number of hydrogen-bond acceptors (Lipinski definition) is 6. The molecule has 8 nitrogen and oxygen atoms in total. The summed E-state index contributed by atoms with van der Waals surface area (Å²) < 4.78 is 0. The van der Waals surface area contributed by atoms with Crippen LogP contribution in [0.3, 0.4) is 0 Å². The minimum Gasteiger partial charge on any atom is -0.397 e. The summed E-state index contributed by atoms with van der Waals surface area (Å²) >= 11 is 0. The standard InChI is InChI=1S/C28H30N6O2/c1-4-26(35)34-18(2)16-33(17-19(34)3)25-13-12-22(15-31-25)28(36)32-24-7-5-6-23(27(24)30)21-10-8-20(14-29)9-11-21/h5-13,15,18-19H,4,16-17,30H2,1-3H3,(H,32,36)/t18-,19+. The molecule has 36 heavy (non-hydrogen) atoms. The molecule has 3 N–H and O–H groups in total. The van der Waals surface area contributed by atoms with Crippen molar-refractivity contribution in [3.05, 3.63) is 71.9 Å². The van der Waals surface area contributed by atoms with Gasteiger partial charge in [0.25, 0.3) is 5.91 Å². The minimum absolute atomic E-state index is 0.0809. The van der Waals surface area contributed by atoms with Crippen molar-refractivity contribution in [2.75, 3.05) is 29.0 Å². The fourth-order valence-corrected chi connectivity index (χ4v) is 4.74. The largest absolute Gasteiger partial charge is 0.397 e. The van der Waals surface area contributed by atoms with Gasteiger partial charge in [0.2, 0.25) is 5.91 Å². The number of nitrogens with one attached hydrogen (secondary N) is 1. The Hall–Kier alpha value is -4.38. The Morgan fingerprint density at radius 1 is 1.08 bits per heavy atom. The molecule has 184 valence electrons. The number of para-hydroxylation sites is 1. The molecule has 0 unspecified atom stereocenters. The highest BCUT2D eigenvalue weighted by molar-refractivity contribution is 6.06. The smallest absolute Gasteiger partial charge is 0.257 e. The van der Waals surface area contributed by atoms with Crippen LogP contribution < -0.4 is 16.0 Å². The number of anilines is 3. The monoisotopic (exact) mass is 482 g/mol. The van der Waals surface area contributed by atoms with E-state index in [1.165, 1.54) is 0 Å². The second-order valence-electron chi connectivity index (χ2n) is 9.07. The first-order chi connectivity index (χ1) is 17.3. The number of benzene rings is 2. The summed E-state index contributed by atoms with van der Waals surface area (Å²) in [6, 6.07) is 18.4. The number of nitrogens with zero attached hydrogens (tertiary/aromatic N) is 4. The van der Waals surface area contributed by atoms with Crippen molar-refractivity contribution in [2.45, 2.75) is 39.3 Å². The van der Waals surface area contributed by atoms with Crippen molar-refractivity contribution in [3.63, 3.8) is 0 Å². The number of piperazine rings is 1. The number of nitrogens with two attached hydrogens (primary N) is 1. The van der Waals surface area contributed by atoms with Crippen LogP contribution in [-0.4, -0.2) is 46.9 Å². The van der Waals surface area contributed by atoms with E-state index in [0.29, 0.717) is 42.0 Å². The van der Waals surface area contributed by atoms with Gasteiger partial charge in [-0.2, -0.15) is 5.26 Å². The SMILES string of the molecule is CCC(=O)N1[C@H](C)CN(c2ccc(C(=O)Nc3cccc(-c4ccc(C#N)cc4)c3N)cn2)C[C@@H]1C. The van der Waals surface area contributed by atoms with Gasteiger partial charge in [-0.05, 0) is 49.7 Å². The van der Waals surface area contributed by atoms with E-state index in [9.17, 15) is 9.59 Å². The zero-order chi connectivity index (χ0) is 25.8. The number of carbonyl (C=O) groups excluding carboxylic acids is 2. The molecular weight excluding hydrogens is 452 g/mol. The number of nitriles is 1. The van der Waals surface area contributed by atoms with Crippen molar-refractivity contribution < 1.29 is 9.59 Å². The van der Waals surface area contributed by atoms with Gasteiger partial charge in [0.1, 0.15) is 5.82 Å². The second-order valence-corrected chi connectivity index (χ2v) is 9.07. The highest BCUT2D eigenvalue weighted by Crippen LogP contribution is 2.32. The molecular formula is C28H30N6O2. The highest BCUT2D eigenvalue weighted by atomic mass is 16.2. The molecule has 8 heteroatoms. The molecule has 0 saturated carbocycles. The summed E-state index contributed by atoms with van der Waals surface area (Å²) in [5.41, 5.74) is 9.94. The van der Waals surface area contributed by atoms with Crippen LogP contribution in [0.4, 0.5) is 17.2 Å². The van der Waals surface area contributed by atoms with Crippen LogP contribution in [0, 0.1) is 11.3 Å². The lowest BCUT2D eigenvalue weighted by molar-refractivity contribution is -0.135. The van der Waals surface area contributed by atoms with Crippen molar-refractivity contribution in [1.29, 1.82) is 5.26 Å². The van der Waals surface area contributed by atoms with E-state index in [0.717, 1.165) is 16.9 Å². The first-order valence-corrected chi connectivity index (χ1v) is 12.0. The molecule has 1 aromatic heterocycles. The van der Waals surface area contributed by atoms with Crippen LogP contribution in [0.25, 0.3) is 11.1 Å². The van der Waals surface area contributed by atoms with Crippen molar-refractivity contribution in [3.8, 4) is 17.2 Å². The molecule has 2 heterocycles. The Bertz CT molecular complexity index is 1290. The third-order valence-electron chi connectivity index (χ3n) is 6.52. The van der Waals surface area contributed by atoms with Gasteiger partial charge < -0.3 is 20.9 Å². The molecule has 2 aromatic carbocycles. The number of hydrogen-bond donors (Lipinski definition) is 2. The number of pyridine rings is 1. The van der Waals surface area contributed by atoms with Gasteiger partial charge in [-0.25, -0.2) is 4.98 Å². The minimum atomic E-state index is -0.308. The number of carbonyl (C=O) groups is 2. The number of amides is 2. The van der Waals surface area contributed by atoms with Gasteiger partial charge in [-0.3, -0.25) is 9.59 Å². The molecule has 4 rings (SSSR count). The van der Waals surface area contributed by atoms with Crippen molar-refractivity contribution in [1.82, 2.24) is 9.88 Å². The van der Waals surface area contributed by atoms with E-state index < -0.39 is 0 Å². The zero-order valence-electron chi connectivity index (χ0n) is 20.7. The van der Waals surface area contributed by atoms with Crippen LogP contribution in [0.1, 0.15) is 43.1 Å². The fourth-order valence-electron chi connectivity index (χ4n) is 4.74. The lowest BCUT2D eigenvalue weighted by atomic mass is 10.0. The second kappa shape index (κ2) is 10.5. The summed E-state index contributed by atoms with van der Waals surface area (Å²) in [4.78, 5) is 33.9. The number of nitrogen functional groups attached to an aromatic ring is 1. The molecule has 2 atom stereocenters. The van der Waals surface area contributed by atoms with Gasteiger partial charge in [0.15, 0.2) is 0 Å². The predicted molar refractivity (Wildman–Crippen MR) is 141 cm³/mol. The third-order valence-corrected chi connectivity index (χ3v) is 6.52. The summed E-state index contributed by atoms with van der Waals surface area (Å²) in [7, 11) is 0. The van der Waals surface area contributed by atoms with E-state index in [2.05, 4.69) is 35.1 Å². The number of aromatic nitrogens is 1. The van der Waals surface area contributed by atoms with Crippen LogP contribution in [-0.2, 0) is 4.79 Å². The molecule has 0 spiro atoms. The van der Waals surface area contributed by atoms with Gasteiger partial charge >= 0.3 is 0 Å². The first kappa shape index (κ1) is 24.7. The average molecular weight is 483 g/mol. The lowest BCUT2D eigenvalue weighted by Gasteiger charge is -2.45. The molecule has 1 aliphatic rings. The average Bonchev–Trinajstić information content (AvgIpc) is 2.89. The molecule has 3 aromatic rings. The van der Waals surface area contributed by atoms with Gasteiger partial charge in [-0.15, -0.1) is 0 Å². The molecule has 0 aliphatic carbocycles. The van der Waals surface area contributed by atoms with E-state index in [-0.39, 0.29) is 23.9 Å². The normalized spacial score (nSPS) is 17.4. The van der Waals surface area contributed by atoms with Crippen molar-refractivity contribution >= 4 is 29.0 Å². The Morgan fingerprint density at radius 3 is 2.36 bits per heavy atom. The summed E-state index contributed by atoms with van der Waals surface area (Å²) in [6.45, 7) is 7.36. The topological polar surface area (TPSA) is 115 Å². The maximum Gasteiger partial charge on any atom is 0.257 e. The van der Waals surface area contributed by atoms with Gasteiger partial charge in [-0.1, -0.05) is 31.2 Å². The molecule has 0 bridgehead atoms. The first-order valence-electron chi connectivity index (χ1n) is 12.0. The molecule has 1 aliphatic heterocycles. The summed E-state index contributed by atoms with van der Waals surface area (Å²) in [5, 5.41) is 11.9. The van der Waals surface area contributed by atoms with Gasteiger partial charge in [0.05, 0.1) is 28.6 Å². The van der Waals surface area contributed by atoms with E-state index >= 15 is 0 Å².